The van der Waals surface area contributed by atoms with Gasteiger partial charge < -0.3 is 35.4 Å². The predicted molar refractivity (Wildman–Crippen MR) is 179 cm³/mol. The van der Waals surface area contributed by atoms with Crippen LogP contribution in [0.3, 0.4) is 0 Å². The average Bonchev–Trinajstić information content (AvgIpc) is 3.81. The zero-order chi connectivity index (χ0) is 36.2. The summed E-state index contributed by atoms with van der Waals surface area (Å²) in [6, 6.07) is 21.1. The molecular weight excluding hydrogens is 659 g/mol. The van der Waals surface area contributed by atoms with Crippen LogP contribution in [0.25, 0.3) is 11.2 Å². The number of hydrogen-bond acceptors (Lipinski definition) is 11. The number of likely N-dealkylation sites (N-methyl/N-ethyl adjacent to an activating group) is 1. The number of carboxylic acid groups (broad SMARTS) is 1. The number of halogens is 3. The summed E-state index contributed by atoms with van der Waals surface area (Å²) in [4.78, 5) is 28.1. The number of carbonyl (C=O) groups is 1. The first kappa shape index (κ1) is 36.9. The van der Waals surface area contributed by atoms with Crippen molar-refractivity contribution >= 4 is 28.9 Å². The minimum Gasteiger partial charge on any atom is -0.475 e. The third-order valence-corrected chi connectivity index (χ3v) is 9.28. The number of imidazole rings is 1. The Balaban J connectivity index is 0.000000630. The Morgan fingerprint density at radius 1 is 1.04 bits per heavy atom. The molecule has 50 heavy (non-hydrogen) atoms. The van der Waals surface area contributed by atoms with E-state index >= 15 is 0 Å². The molecule has 1 unspecified atom stereocenters. The molecule has 0 radical (unpaired) electrons. The highest BCUT2D eigenvalue weighted by Crippen LogP contribution is 2.38. The van der Waals surface area contributed by atoms with E-state index in [1.165, 1.54) is 17.5 Å². The van der Waals surface area contributed by atoms with Crippen molar-refractivity contribution < 1.29 is 43.1 Å². The Bertz CT molecular complexity index is 1690. The van der Waals surface area contributed by atoms with Crippen LogP contribution in [0, 0.1) is 0 Å². The van der Waals surface area contributed by atoms with Crippen LogP contribution in [-0.4, -0.2) is 114 Å². The second-order valence-corrected chi connectivity index (χ2v) is 12.3. The van der Waals surface area contributed by atoms with Gasteiger partial charge in [0.2, 0.25) is 5.95 Å². The van der Waals surface area contributed by atoms with Crippen molar-refractivity contribution in [3.8, 4) is 0 Å². The topological polar surface area (TPSA) is 169 Å². The number of ether oxygens (including phenoxy) is 1. The summed E-state index contributed by atoms with van der Waals surface area (Å²) >= 11 is 0. The molecule has 5 atom stereocenters. The smallest absolute Gasteiger partial charge is 0.475 e. The van der Waals surface area contributed by atoms with Gasteiger partial charge in [-0.25, -0.2) is 9.78 Å². The second kappa shape index (κ2) is 15.3. The molecule has 5 N–H and O–H groups in total. The molecule has 0 amide bonds. The summed E-state index contributed by atoms with van der Waals surface area (Å²) in [5.41, 5.74) is 1.82. The van der Waals surface area contributed by atoms with E-state index in [2.05, 4.69) is 58.2 Å². The van der Waals surface area contributed by atoms with Gasteiger partial charge in [0.15, 0.2) is 29.0 Å². The molecule has 2 aliphatic heterocycles. The Morgan fingerprint density at radius 3 is 2.12 bits per heavy atom. The van der Waals surface area contributed by atoms with E-state index in [0.29, 0.717) is 35.5 Å². The summed E-state index contributed by atoms with van der Waals surface area (Å²) in [5.74, 6) is -1.58. The van der Waals surface area contributed by atoms with Gasteiger partial charge in [-0.05, 0) is 37.6 Å². The lowest BCUT2D eigenvalue weighted by molar-refractivity contribution is -0.192. The Labute approximate surface area is 287 Å². The minimum absolute atomic E-state index is 0.0552. The summed E-state index contributed by atoms with van der Waals surface area (Å²) in [6.45, 7) is 10.1. The van der Waals surface area contributed by atoms with Crippen molar-refractivity contribution in [2.75, 3.05) is 42.9 Å². The molecular formula is C34H42F3N7O6. The highest BCUT2D eigenvalue weighted by atomic mass is 19.4. The van der Waals surface area contributed by atoms with Crippen LogP contribution in [0.5, 0.6) is 0 Å². The standard InChI is InChI=1S/C32H41N7O4.C2HF3O2/c1-4-37(5-2)23-16-17-38(19-23)31-35-28(33-18-24(21-12-8-6-9-13-21)22-14-10-7-11-15-22)25-29(36-31)39(20-34-25)32(3)27(41)26(40)30(42)43-32;3-2(4,5)1(6)7/h6-15,20,23-24,26-27,30,40-42H,4-5,16-19H2,1-3H3,(H,33,35,36);(H,6,7)/t23?,26-,27+,30+,32+;/m0./s1. The van der Waals surface area contributed by atoms with E-state index in [9.17, 15) is 28.5 Å². The number of rotatable bonds is 10. The van der Waals surface area contributed by atoms with Crippen LogP contribution in [0.1, 0.15) is 44.2 Å². The molecule has 0 aliphatic carbocycles. The normalized spacial score (nSPS) is 23.8. The molecule has 2 fully saturated rings. The molecule has 4 heterocycles. The maximum absolute atomic E-state index is 10.9. The Kier molecular flexibility index (Phi) is 11.3. The molecule has 2 aliphatic rings. The highest BCUT2D eigenvalue weighted by molar-refractivity contribution is 5.84. The molecule has 0 spiro atoms. The highest BCUT2D eigenvalue weighted by Gasteiger charge is 2.53. The van der Waals surface area contributed by atoms with Gasteiger partial charge in [0.1, 0.15) is 12.2 Å². The van der Waals surface area contributed by atoms with Gasteiger partial charge in [0.25, 0.3) is 0 Å². The van der Waals surface area contributed by atoms with Crippen LogP contribution in [0.2, 0.25) is 0 Å². The maximum Gasteiger partial charge on any atom is 0.490 e. The van der Waals surface area contributed by atoms with Crippen molar-refractivity contribution in [1.29, 1.82) is 0 Å². The zero-order valence-electron chi connectivity index (χ0n) is 27.9. The number of nitrogens with one attached hydrogen (secondary N) is 1. The quantitative estimate of drug-likeness (QED) is 0.164. The van der Waals surface area contributed by atoms with Crippen molar-refractivity contribution in [1.82, 2.24) is 24.4 Å². The van der Waals surface area contributed by atoms with E-state index in [1.807, 2.05) is 36.4 Å². The van der Waals surface area contributed by atoms with E-state index < -0.39 is 36.4 Å². The number of nitrogens with zero attached hydrogens (tertiary/aromatic N) is 6. The van der Waals surface area contributed by atoms with Crippen molar-refractivity contribution in [3.63, 3.8) is 0 Å². The summed E-state index contributed by atoms with van der Waals surface area (Å²) < 4.78 is 39.0. The largest absolute Gasteiger partial charge is 0.490 e. The van der Waals surface area contributed by atoms with Crippen LogP contribution in [0.15, 0.2) is 67.0 Å². The first-order chi connectivity index (χ1) is 23.8. The molecule has 2 saturated heterocycles. The number of hydrogen-bond donors (Lipinski definition) is 5. The van der Waals surface area contributed by atoms with E-state index in [0.717, 1.165) is 32.6 Å². The monoisotopic (exact) mass is 701 g/mol. The number of alkyl halides is 3. The van der Waals surface area contributed by atoms with Crippen LogP contribution >= 0.6 is 0 Å². The molecule has 13 nitrogen and oxygen atoms in total. The van der Waals surface area contributed by atoms with Gasteiger partial charge in [-0.2, -0.15) is 23.1 Å². The molecule has 0 bridgehead atoms. The fourth-order valence-corrected chi connectivity index (χ4v) is 6.49. The lowest BCUT2D eigenvalue weighted by Crippen LogP contribution is -2.43. The van der Waals surface area contributed by atoms with Crippen molar-refractivity contribution in [2.24, 2.45) is 0 Å². The Morgan fingerprint density at radius 2 is 1.62 bits per heavy atom. The molecule has 16 heteroatoms. The van der Waals surface area contributed by atoms with Gasteiger partial charge >= 0.3 is 12.1 Å². The Hall–Kier alpha value is -4.35. The number of fused-ring (bicyclic) bond motifs is 1. The first-order valence-electron chi connectivity index (χ1n) is 16.4. The summed E-state index contributed by atoms with van der Waals surface area (Å²) in [5, 5.41) is 42.1. The fourth-order valence-electron chi connectivity index (χ4n) is 6.49. The third-order valence-electron chi connectivity index (χ3n) is 9.28. The molecule has 2 aromatic heterocycles. The van der Waals surface area contributed by atoms with Gasteiger partial charge in [0.05, 0.1) is 6.33 Å². The number of anilines is 2. The molecule has 6 rings (SSSR count). The van der Waals surface area contributed by atoms with Crippen LogP contribution in [0.4, 0.5) is 24.9 Å². The van der Waals surface area contributed by atoms with Gasteiger partial charge in [-0.1, -0.05) is 74.5 Å². The summed E-state index contributed by atoms with van der Waals surface area (Å²) in [7, 11) is 0. The number of benzene rings is 2. The SMILES string of the molecule is CCN(CC)C1CCN(c2nc(NCC(c3ccccc3)c3ccccc3)c3ncn([C@]4(C)O[C@@H](O)[C@@H](O)[C@H]4O)c3n2)C1.O=C(O)C(F)(F)F. The van der Waals surface area contributed by atoms with E-state index in [1.54, 1.807) is 11.5 Å². The lowest BCUT2D eigenvalue weighted by atomic mass is 9.91. The van der Waals surface area contributed by atoms with Crippen LogP contribution < -0.4 is 10.2 Å². The number of aliphatic hydroxyl groups excluding tert-OH is 3. The summed E-state index contributed by atoms with van der Waals surface area (Å²) in [6.07, 6.45) is -6.95. The van der Waals surface area contributed by atoms with E-state index in [4.69, 9.17) is 24.6 Å². The van der Waals surface area contributed by atoms with Gasteiger partial charge in [0, 0.05) is 31.6 Å². The molecule has 4 aromatic rings. The van der Waals surface area contributed by atoms with Gasteiger partial charge in [-0.15, -0.1) is 0 Å². The van der Waals surface area contributed by atoms with Crippen molar-refractivity contribution in [2.45, 2.75) is 69.6 Å². The van der Waals surface area contributed by atoms with Crippen molar-refractivity contribution in [3.05, 3.63) is 78.1 Å². The first-order valence-corrected chi connectivity index (χ1v) is 16.4. The molecule has 2 aromatic carbocycles. The average molecular weight is 702 g/mol. The maximum atomic E-state index is 10.9. The number of aromatic nitrogens is 4. The lowest BCUT2D eigenvalue weighted by Gasteiger charge is -2.29. The third kappa shape index (κ3) is 7.68. The number of aliphatic carboxylic acids is 1. The number of carboxylic acids is 1. The molecule has 270 valence electrons. The molecule has 0 saturated carbocycles. The number of aliphatic hydroxyl groups is 3. The van der Waals surface area contributed by atoms with E-state index in [-0.39, 0.29) is 5.92 Å². The van der Waals surface area contributed by atoms with Crippen LogP contribution in [-0.2, 0) is 15.3 Å². The fraction of sp³-hybridized carbons (Fsp3) is 0.471. The van der Waals surface area contributed by atoms with Gasteiger partial charge in [-0.3, -0.25) is 9.47 Å². The second-order valence-electron chi connectivity index (χ2n) is 12.3. The predicted octanol–water partition coefficient (Wildman–Crippen LogP) is 3.37. The minimum atomic E-state index is -5.08. The zero-order valence-corrected chi connectivity index (χ0v) is 27.9.